The van der Waals surface area contributed by atoms with Crippen LogP contribution >= 0.6 is 0 Å². The number of nitrogens with zero attached hydrogens (tertiary/aromatic N) is 4. The molecule has 0 bridgehead atoms. The number of carbonyl (C=O) groups excluding carboxylic acids is 1. The van der Waals surface area contributed by atoms with Gasteiger partial charge in [-0.2, -0.15) is 0 Å². The Balaban J connectivity index is 1.65. The highest BCUT2D eigenvalue weighted by Gasteiger charge is 2.04. The molecule has 22 heavy (non-hydrogen) atoms. The summed E-state index contributed by atoms with van der Waals surface area (Å²) in [6.07, 6.45) is 1.41. The smallest absolute Gasteiger partial charge is 0.242 e. The summed E-state index contributed by atoms with van der Waals surface area (Å²) in [5, 5.41) is 15.7. The summed E-state index contributed by atoms with van der Waals surface area (Å²) in [6.45, 7) is 0.570. The predicted molar refractivity (Wildman–Crippen MR) is 80.2 cm³/mol. The van der Waals surface area contributed by atoms with E-state index in [9.17, 15) is 4.79 Å². The zero-order chi connectivity index (χ0) is 15.4. The normalized spacial score (nSPS) is 10.6. The maximum Gasteiger partial charge on any atom is 0.242 e. The Morgan fingerprint density at radius 2 is 2.05 bits per heavy atom. The lowest BCUT2D eigenvalue weighted by Crippen LogP contribution is -2.27. The molecule has 0 spiro atoms. The highest BCUT2D eigenvalue weighted by atomic mass is 16.5. The molecule has 2 aromatic carbocycles. The van der Waals surface area contributed by atoms with Crippen LogP contribution in [0.5, 0.6) is 5.75 Å². The first-order valence-corrected chi connectivity index (χ1v) is 6.79. The molecular formula is C15H15N5O2. The molecule has 3 rings (SSSR count). The second-order valence-electron chi connectivity index (χ2n) is 4.83. The molecular weight excluding hydrogens is 282 g/mol. The van der Waals surface area contributed by atoms with Gasteiger partial charge in [-0.25, -0.2) is 4.68 Å². The number of nitrogens with one attached hydrogen (secondary N) is 1. The quantitative estimate of drug-likeness (QED) is 0.764. The third kappa shape index (κ3) is 3.20. The van der Waals surface area contributed by atoms with E-state index in [4.69, 9.17) is 4.74 Å². The third-order valence-electron chi connectivity index (χ3n) is 3.30. The molecule has 0 aliphatic heterocycles. The number of benzene rings is 2. The Hall–Kier alpha value is -2.96. The Kier molecular flexibility index (Phi) is 3.95. The standard InChI is InChI=1S/C15H15N5O2/c1-22-14-5-4-12-6-11(2-3-13(12)7-14)8-16-15(21)9-20-10-17-18-19-20/h2-7,10H,8-9H2,1H3,(H,16,21). The van der Waals surface area contributed by atoms with Gasteiger partial charge in [-0.3, -0.25) is 4.79 Å². The minimum absolute atomic E-state index is 0.109. The van der Waals surface area contributed by atoms with Crippen molar-refractivity contribution < 1.29 is 9.53 Å². The van der Waals surface area contributed by atoms with E-state index in [2.05, 4.69) is 20.8 Å². The van der Waals surface area contributed by atoms with Gasteiger partial charge in [0.2, 0.25) is 5.91 Å². The largest absolute Gasteiger partial charge is 0.497 e. The van der Waals surface area contributed by atoms with E-state index in [1.54, 1.807) is 7.11 Å². The van der Waals surface area contributed by atoms with Crippen LogP contribution in [0.3, 0.4) is 0 Å². The average Bonchev–Trinajstić information content (AvgIpc) is 3.05. The first-order chi connectivity index (χ1) is 10.7. The Labute approximate surface area is 126 Å². The molecule has 3 aromatic rings. The van der Waals surface area contributed by atoms with Crippen molar-refractivity contribution >= 4 is 16.7 Å². The summed E-state index contributed by atoms with van der Waals surface area (Å²) >= 11 is 0. The van der Waals surface area contributed by atoms with E-state index < -0.39 is 0 Å². The van der Waals surface area contributed by atoms with E-state index in [1.807, 2.05) is 36.4 Å². The first kappa shape index (κ1) is 14.0. The lowest BCUT2D eigenvalue weighted by Gasteiger charge is -2.07. The molecule has 0 atom stereocenters. The molecule has 1 amide bonds. The minimum atomic E-state index is -0.137. The minimum Gasteiger partial charge on any atom is -0.497 e. The number of hydrogen-bond acceptors (Lipinski definition) is 5. The molecule has 0 saturated carbocycles. The Morgan fingerprint density at radius 3 is 2.82 bits per heavy atom. The van der Waals surface area contributed by atoms with Crippen LogP contribution in [0.2, 0.25) is 0 Å². The second-order valence-corrected chi connectivity index (χ2v) is 4.83. The van der Waals surface area contributed by atoms with E-state index in [-0.39, 0.29) is 12.5 Å². The number of tetrazole rings is 1. The molecule has 1 heterocycles. The third-order valence-corrected chi connectivity index (χ3v) is 3.30. The van der Waals surface area contributed by atoms with Crippen molar-refractivity contribution in [2.24, 2.45) is 0 Å². The van der Waals surface area contributed by atoms with Gasteiger partial charge in [0.15, 0.2) is 0 Å². The van der Waals surface area contributed by atoms with E-state index in [1.165, 1.54) is 11.0 Å². The van der Waals surface area contributed by atoms with Crippen molar-refractivity contribution in [1.82, 2.24) is 25.5 Å². The molecule has 7 heteroatoms. The fraction of sp³-hybridized carbons (Fsp3) is 0.200. The van der Waals surface area contributed by atoms with Gasteiger partial charge in [-0.05, 0) is 45.0 Å². The summed E-state index contributed by atoms with van der Waals surface area (Å²) in [5.41, 5.74) is 1.03. The zero-order valence-corrected chi connectivity index (χ0v) is 12.1. The van der Waals surface area contributed by atoms with E-state index in [0.29, 0.717) is 6.54 Å². The van der Waals surface area contributed by atoms with Crippen LogP contribution in [-0.2, 0) is 17.9 Å². The first-order valence-electron chi connectivity index (χ1n) is 6.79. The van der Waals surface area contributed by atoms with E-state index in [0.717, 1.165) is 22.1 Å². The topological polar surface area (TPSA) is 81.9 Å². The van der Waals surface area contributed by atoms with Gasteiger partial charge >= 0.3 is 0 Å². The van der Waals surface area contributed by atoms with Gasteiger partial charge in [0.05, 0.1) is 7.11 Å². The monoisotopic (exact) mass is 297 g/mol. The molecule has 0 saturated heterocycles. The number of amides is 1. The number of methoxy groups -OCH3 is 1. The van der Waals surface area contributed by atoms with Crippen LogP contribution in [-0.4, -0.2) is 33.2 Å². The van der Waals surface area contributed by atoms with Crippen LogP contribution in [0.25, 0.3) is 10.8 Å². The molecule has 112 valence electrons. The van der Waals surface area contributed by atoms with Crippen LogP contribution < -0.4 is 10.1 Å². The highest BCUT2D eigenvalue weighted by molar-refractivity contribution is 5.84. The number of carbonyl (C=O) groups is 1. The molecule has 0 fully saturated rings. The molecule has 1 N–H and O–H groups in total. The van der Waals surface area contributed by atoms with Crippen LogP contribution in [0.1, 0.15) is 5.56 Å². The van der Waals surface area contributed by atoms with Crippen molar-refractivity contribution in [3.8, 4) is 5.75 Å². The number of rotatable bonds is 5. The van der Waals surface area contributed by atoms with Gasteiger partial charge in [-0.15, -0.1) is 5.10 Å². The molecule has 7 nitrogen and oxygen atoms in total. The number of ether oxygens (including phenoxy) is 1. The summed E-state index contributed by atoms with van der Waals surface area (Å²) < 4.78 is 6.58. The van der Waals surface area contributed by atoms with Crippen molar-refractivity contribution in [2.45, 2.75) is 13.1 Å². The van der Waals surface area contributed by atoms with Gasteiger partial charge < -0.3 is 10.1 Å². The summed E-state index contributed by atoms with van der Waals surface area (Å²) in [4.78, 5) is 11.8. The molecule has 0 aliphatic carbocycles. The highest BCUT2D eigenvalue weighted by Crippen LogP contribution is 2.21. The second kappa shape index (κ2) is 6.21. The summed E-state index contributed by atoms with van der Waals surface area (Å²) in [5.74, 6) is 0.692. The van der Waals surface area contributed by atoms with Crippen LogP contribution in [0.15, 0.2) is 42.7 Å². The van der Waals surface area contributed by atoms with Crippen molar-refractivity contribution in [3.05, 3.63) is 48.3 Å². The van der Waals surface area contributed by atoms with Gasteiger partial charge in [-0.1, -0.05) is 18.2 Å². The lowest BCUT2D eigenvalue weighted by molar-refractivity contribution is -0.122. The average molecular weight is 297 g/mol. The van der Waals surface area contributed by atoms with Gasteiger partial charge in [0.25, 0.3) is 0 Å². The SMILES string of the molecule is COc1ccc2cc(CNC(=O)Cn3cnnn3)ccc2c1. The zero-order valence-electron chi connectivity index (χ0n) is 12.1. The van der Waals surface area contributed by atoms with Gasteiger partial charge in [0, 0.05) is 6.54 Å². The van der Waals surface area contributed by atoms with Gasteiger partial charge in [0.1, 0.15) is 18.6 Å². The fourth-order valence-corrected chi connectivity index (χ4v) is 2.17. The summed E-state index contributed by atoms with van der Waals surface area (Å²) in [7, 11) is 1.65. The van der Waals surface area contributed by atoms with Crippen molar-refractivity contribution in [1.29, 1.82) is 0 Å². The van der Waals surface area contributed by atoms with Crippen LogP contribution in [0, 0.1) is 0 Å². The maximum atomic E-state index is 11.8. The number of aromatic nitrogens is 4. The predicted octanol–water partition coefficient (Wildman–Crippen LogP) is 1.15. The molecule has 1 aromatic heterocycles. The van der Waals surface area contributed by atoms with Crippen molar-refractivity contribution in [3.63, 3.8) is 0 Å². The lowest BCUT2D eigenvalue weighted by atomic mass is 10.1. The molecule has 0 unspecified atom stereocenters. The van der Waals surface area contributed by atoms with Crippen LogP contribution in [0.4, 0.5) is 0 Å². The number of fused-ring (bicyclic) bond motifs is 1. The Morgan fingerprint density at radius 1 is 1.23 bits per heavy atom. The Bertz CT molecular complexity index is 786. The fourth-order valence-electron chi connectivity index (χ4n) is 2.17. The molecule has 0 aliphatic rings. The number of hydrogen-bond donors (Lipinski definition) is 1. The maximum absolute atomic E-state index is 11.8. The van der Waals surface area contributed by atoms with Crippen molar-refractivity contribution in [2.75, 3.05) is 7.11 Å². The molecule has 0 radical (unpaired) electrons. The summed E-state index contributed by atoms with van der Waals surface area (Å²) in [6, 6.07) is 11.9. The van der Waals surface area contributed by atoms with E-state index >= 15 is 0 Å².